The quantitative estimate of drug-likeness (QED) is 0.0268. The van der Waals surface area contributed by atoms with E-state index in [0.29, 0.717) is 117 Å². The van der Waals surface area contributed by atoms with E-state index in [1.165, 1.54) is 19.3 Å². The molecule has 0 saturated carbocycles. The summed E-state index contributed by atoms with van der Waals surface area (Å²) in [5.41, 5.74) is 6.07. The number of amides is 8. The average molecular weight is 1320 g/mol. The van der Waals surface area contributed by atoms with Gasteiger partial charge in [-0.05, 0) is 90.8 Å². The molecule has 5 heterocycles. The maximum atomic E-state index is 14.1. The predicted octanol–water partition coefficient (Wildman–Crippen LogP) is 6.76. The average Bonchev–Trinajstić information content (AvgIpc) is 1.60. The molecule has 9 rings (SSSR count). The molecule has 5 aliphatic heterocycles. The second-order valence-electron chi connectivity index (χ2n) is 23.4. The number of benzene rings is 4. The van der Waals surface area contributed by atoms with E-state index < -0.39 is 41.6 Å². The monoisotopic (exact) mass is 1320 g/mol. The lowest BCUT2D eigenvalue weighted by Gasteiger charge is -2.24. The molecule has 2 unspecified atom stereocenters. The molecule has 26 nitrogen and oxygen atoms in total. The first kappa shape index (κ1) is 70.6. The van der Waals surface area contributed by atoms with Crippen molar-refractivity contribution in [2.45, 2.75) is 89.9 Å². The number of nitrogens with zero attached hydrogens (tertiary/aromatic N) is 5. The topological polar surface area (TPSA) is 302 Å². The van der Waals surface area contributed by atoms with Crippen LogP contribution in [-0.4, -0.2) is 199 Å². The van der Waals surface area contributed by atoms with E-state index >= 15 is 0 Å². The summed E-state index contributed by atoms with van der Waals surface area (Å²) in [5.74, 6) is -0.639. The van der Waals surface area contributed by atoms with Crippen LogP contribution >= 0.6 is 0 Å². The van der Waals surface area contributed by atoms with Gasteiger partial charge in [0, 0.05) is 93.6 Å². The highest BCUT2D eigenvalue weighted by Gasteiger charge is 2.36. The number of anilines is 1. The van der Waals surface area contributed by atoms with Gasteiger partial charge in [0.05, 0.1) is 122 Å². The molecule has 0 fully saturated rings. The number of nitrogens with one attached hydrogen (secondary N) is 4. The second kappa shape index (κ2) is 34.6. The molecule has 96 heavy (non-hydrogen) atoms. The maximum Gasteiger partial charge on any atom is 0.260 e. The van der Waals surface area contributed by atoms with E-state index in [2.05, 4.69) is 21.3 Å². The van der Waals surface area contributed by atoms with Gasteiger partial charge in [-0.1, -0.05) is 38.1 Å². The number of carbonyl (C=O) groups is 8. The minimum absolute atomic E-state index is 0.00314. The first-order valence-corrected chi connectivity index (χ1v) is 32.1. The minimum Gasteiger partial charge on any atom is -0.497 e. The molecule has 5 aliphatic rings. The molecule has 0 bridgehead atoms. The number of ether oxygens (including phenoxy) is 9. The number of imide groups is 1. The van der Waals surface area contributed by atoms with E-state index in [0.717, 1.165) is 39.3 Å². The van der Waals surface area contributed by atoms with Crippen molar-refractivity contribution in [1.29, 1.82) is 0 Å². The SMILES string of the molecule is COc1ccc(C2=CN3C(=O)c4cc(OC)c(OCCCCCOc5cc6c(cc5OC)C(=O)N5C=C(c7ccc(NC(=O)[C@H](C)NC(=O)C(NC(=O)CCOCCOCCOCCOCCNC(=O)CCN8C(=O)C=CC8=O)C(C)C)cc7)C[C@H]5C=N6)cc4N=CC3C2)cc1. The van der Waals surface area contributed by atoms with Crippen LogP contribution < -0.4 is 45.0 Å². The van der Waals surface area contributed by atoms with E-state index in [9.17, 15) is 38.4 Å². The summed E-state index contributed by atoms with van der Waals surface area (Å²) >= 11 is 0. The van der Waals surface area contributed by atoms with Crippen LogP contribution in [0.15, 0.2) is 107 Å². The van der Waals surface area contributed by atoms with Crippen molar-refractivity contribution in [2.75, 3.05) is 106 Å². The first-order valence-electron chi connectivity index (χ1n) is 32.1. The number of rotatable bonds is 37. The molecule has 4 N–H and O–H groups in total. The normalized spacial score (nSPS) is 16.6. The number of fused-ring (bicyclic) bond motifs is 4. The summed E-state index contributed by atoms with van der Waals surface area (Å²) in [4.78, 5) is 116. The van der Waals surface area contributed by atoms with Crippen LogP contribution in [-0.2, 0) is 47.7 Å². The standard InChI is InChI=1S/C70H83N9O17/c1-44(2)66(76-63(81)21-26-91-28-30-93-32-33-94-31-29-92-27-22-71-62(80)20-23-77-64(82)18-19-65(77)83)68(85)74-45(3)67(84)75-50-14-10-46(11-15-50)48-34-51-40-72-56-38-60(58(89-5)36-54(56)69(86)78(51)42-48)95-24-8-7-9-25-96-61-39-57-55(37-59(61)90-6)70(87)79-43-49(35-52(79)41-73-57)47-12-16-53(88-4)17-13-47/h10-19,36-45,51-52,66H,7-9,20-35H2,1-6H3,(H,71,80)(H,74,85)(H,75,84)(H,76,81)/t45-,51-,52?,66?/m0/s1. The van der Waals surface area contributed by atoms with E-state index in [1.54, 1.807) is 87.4 Å². The van der Waals surface area contributed by atoms with Crippen LogP contribution in [0.4, 0.5) is 17.1 Å². The van der Waals surface area contributed by atoms with Gasteiger partial charge < -0.3 is 73.7 Å². The second-order valence-corrected chi connectivity index (χ2v) is 23.4. The van der Waals surface area contributed by atoms with E-state index in [-0.39, 0.29) is 88.1 Å². The largest absolute Gasteiger partial charge is 0.497 e. The molecule has 510 valence electrons. The lowest BCUT2D eigenvalue weighted by Crippen LogP contribution is -2.53. The maximum absolute atomic E-state index is 14.1. The molecule has 0 aliphatic carbocycles. The van der Waals surface area contributed by atoms with Gasteiger partial charge in [-0.3, -0.25) is 53.2 Å². The van der Waals surface area contributed by atoms with Gasteiger partial charge in [-0.15, -0.1) is 0 Å². The lowest BCUT2D eigenvalue weighted by atomic mass is 10.0. The predicted molar refractivity (Wildman–Crippen MR) is 356 cm³/mol. The number of hydrogen-bond acceptors (Lipinski definition) is 19. The fraction of sp³-hybridized carbons (Fsp3) is 0.429. The Morgan fingerprint density at radius 2 is 1.04 bits per heavy atom. The lowest BCUT2D eigenvalue weighted by molar-refractivity contribution is -0.137. The van der Waals surface area contributed by atoms with Gasteiger partial charge in [0.2, 0.25) is 23.6 Å². The molecular weight excluding hydrogens is 1240 g/mol. The third-order valence-corrected chi connectivity index (χ3v) is 16.4. The molecule has 4 aromatic rings. The Morgan fingerprint density at radius 3 is 1.54 bits per heavy atom. The molecule has 8 amide bonds. The Hall–Kier alpha value is -9.76. The highest BCUT2D eigenvalue weighted by molar-refractivity contribution is 6.13. The number of unbranched alkanes of at least 4 members (excludes halogenated alkanes) is 2. The number of carbonyl (C=O) groups excluding carboxylic acids is 8. The fourth-order valence-electron chi connectivity index (χ4n) is 11.0. The van der Waals surface area contributed by atoms with Gasteiger partial charge in [0.15, 0.2) is 23.0 Å². The van der Waals surface area contributed by atoms with Gasteiger partial charge in [-0.25, -0.2) is 0 Å². The molecule has 0 radical (unpaired) electrons. The van der Waals surface area contributed by atoms with E-state index in [1.807, 2.05) is 55.0 Å². The van der Waals surface area contributed by atoms with Crippen molar-refractivity contribution >= 4 is 87.9 Å². The van der Waals surface area contributed by atoms with Crippen molar-refractivity contribution in [3.05, 3.63) is 120 Å². The summed E-state index contributed by atoms with van der Waals surface area (Å²) in [6, 6.07) is 19.4. The Balaban J connectivity index is 0.635. The molecule has 4 atom stereocenters. The molecule has 0 aromatic heterocycles. The number of methoxy groups -OCH3 is 3. The van der Waals surface area contributed by atoms with Crippen molar-refractivity contribution in [1.82, 2.24) is 30.7 Å². The molecule has 0 saturated heterocycles. The van der Waals surface area contributed by atoms with Gasteiger partial charge in [-0.2, -0.15) is 0 Å². The van der Waals surface area contributed by atoms with Crippen molar-refractivity contribution < 1.29 is 81.0 Å². The zero-order chi connectivity index (χ0) is 68.1. The minimum atomic E-state index is -0.942. The van der Waals surface area contributed by atoms with Crippen LogP contribution in [0.1, 0.15) is 97.6 Å². The molecule has 4 aromatic carbocycles. The van der Waals surface area contributed by atoms with Crippen LogP contribution in [0.25, 0.3) is 11.1 Å². The smallest absolute Gasteiger partial charge is 0.260 e. The molecular formula is C70H83N9O17. The Bertz CT molecular complexity index is 3610. The Morgan fingerprint density at radius 1 is 0.542 bits per heavy atom. The summed E-state index contributed by atoms with van der Waals surface area (Å²) in [5, 5.41) is 11.0. The Kier molecular flexibility index (Phi) is 25.4. The first-order chi connectivity index (χ1) is 46.5. The van der Waals surface area contributed by atoms with Gasteiger partial charge in [0.25, 0.3) is 23.6 Å². The molecule has 0 spiro atoms. The van der Waals surface area contributed by atoms with Crippen molar-refractivity contribution in [2.24, 2.45) is 15.9 Å². The highest BCUT2D eigenvalue weighted by atomic mass is 16.6. The van der Waals surface area contributed by atoms with Crippen LogP contribution in [0.5, 0.6) is 28.7 Å². The highest BCUT2D eigenvalue weighted by Crippen LogP contribution is 2.42. The summed E-state index contributed by atoms with van der Waals surface area (Å²) in [6.07, 6.45) is 13.0. The Labute approximate surface area is 557 Å². The third-order valence-electron chi connectivity index (χ3n) is 16.4. The third kappa shape index (κ3) is 18.8. The van der Waals surface area contributed by atoms with Crippen LogP contribution in [0.2, 0.25) is 0 Å². The molecule has 26 heteroatoms. The van der Waals surface area contributed by atoms with E-state index in [4.69, 9.17) is 52.6 Å². The van der Waals surface area contributed by atoms with Gasteiger partial charge in [0.1, 0.15) is 17.8 Å². The van der Waals surface area contributed by atoms with Crippen LogP contribution in [0.3, 0.4) is 0 Å². The van der Waals surface area contributed by atoms with Crippen molar-refractivity contribution in [3.63, 3.8) is 0 Å². The van der Waals surface area contributed by atoms with Crippen LogP contribution in [0, 0.1) is 5.92 Å². The summed E-state index contributed by atoms with van der Waals surface area (Å²) < 4.78 is 51.0. The number of aliphatic imine (C=N–C) groups is 2. The summed E-state index contributed by atoms with van der Waals surface area (Å²) in [7, 11) is 4.70. The number of hydrogen-bond donors (Lipinski definition) is 4. The summed E-state index contributed by atoms with van der Waals surface area (Å²) in [6.45, 7) is 8.37. The zero-order valence-corrected chi connectivity index (χ0v) is 54.9. The van der Waals surface area contributed by atoms with Gasteiger partial charge >= 0.3 is 0 Å². The zero-order valence-electron chi connectivity index (χ0n) is 54.9. The van der Waals surface area contributed by atoms with Crippen molar-refractivity contribution in [3.8, 4) is 28.7 Å². The fourth-order valence-corrected chi connectivity index (χ4v) is 11.0.